The zero-order valence-corrected chi connectivity index (χ0v) is 9.48. The van der Waals surface area contributed by atoms with Crippen LogP contribution in [0.1, 0.15) is 17.7 Å². The third kappa shape index (κ3) is 3.32. The second kappa shape index (κ2) is 5.28. The molecule has 4 heteroatoms. The number of piperidine rings is 1. The monoisotopic (exact) mass is 224 g/mol. The van der Waals surface area contributed by atoms with Gasteiger partial charge in [0, 0.05) is 30.4 Å². The lowest BCUT2D eigenvalue weighted by Crippen LogP contribution is -2.46. The van der Waals surface area contributed by atoms with Crippen LogP contribution < -0.4 is 10.6 Å². The number of thiophene rings is 1. The molecule has 82 valence electrons. The minimum atomic E-state index is 0.186. The molecule has 1 fully saturated rings. The lowest BCUT2D eigenvalue weighted by Gasteiger charge is -2.23. The topological polar surface area (TPSA) is 41.1 Å². The number of nitrogens with one attached hydrogen (secondary N) is 2. The fourth-order valence-electron chi connectivity index (χ4n) is 1.76. The molecule has 0 saturated carbocycles. The van der Waals surface area contributed by atoms with Crippen molar-refractivity contribution in [3.8, 4) is 0 Å². The van der Waals surface area contributed by atoms with Crippen LogP contribution in [0, 0.1) is 0 Å². The van der Waals surface area contributed by atoms with E-state index in [1.54, 1.807) is 11.3 Å². The Bertz CT molecular complexity index is 300. The molecule has 2 rings (SSSR count). The van der Waals surface area contributed by atoms with Gasteiger partial charge < -0.3 is 10.6 Å². The van der Waals surface area contributed by atoms with Crippen LogP contribution in [0.2, 0.25) is 0 Å². The van der Waals surface area contributed by atoms with E-state index in [1.807, 2.05) is 0 Å². The van der Waals surface area contributed by atoms with E-state index in [1.165, 1.54) is 4.88 Å². The van der Waals surface area contributed by atoms with E-state index in [2.05, 4.69) is 28.1 Å². The summed E-state index contributed by atoms with van der Waals surface area (Å²) in [6.07, 6.45) is 2.72. The van der Waals surface area contributed by atoms with Crippen molar-refractivity contribution in [1.29, 1.82) is 0 Å². The van der Waals surface area contributed by atoms with E-state index in [0.29, 0.717) is 12.5 Å². The Morgan fingerprint density at radius 1 is 1.60 bits per heavy atom. The predicted molar refractivity (Wildman–Crippen MR) is 62.1 cm³/mol. The van der Waals surface area contributed by atoms with Gasteiger partial charge in [-0.25, -0.2) is 0 Å². The second-order valence-electron chi connectivity index (χ2n) is 3.82. The molecule has 2 heterocycles. The summed E-state index contributed by atoms with van der Waals surface area (Å²) in [5.74, 6) is 0.186. The highest BCUT2D eigenvalue weighted by Gasteiger charge is 2.16. The van der Waals surface area contributed by atoms with Crippen LogP contribution in [0.5, 0.6) is 0 Å². The highest BCUT2D eigenvalue weighted by Crippen LogP contribution is 2.09. The van der Waals surface area contributed by atoms with Crippen molar-refractivity contribution < 1.29 is 4.79 Å². The lowest BCUT2D eigenvalue weighted by atomic mass is 10.1. The first kappa shape index (κ1) is 10.6. The molecule has 1 aliphatic heterocycles. The molecule has 0 bridgehead atoms. The SMILES string of the molecule is O=C1CCC(NCCc2cccs2)CN1. The Labute approximate surface area is 93.9 Å². The number of hydrogen-bond donors (Lipinski definition) is 2. The zero-order chi connectivity index (χ0) is 10.5. The maximum Gasteiger partial charge on any atom is 0.220 e. The van der Waals surface area contributed by atoms with E-state index in [0.717, 1.165) is 25.9 Å². The van der Waals surface area contributed by atoms with Crippen molar-refractivity contribution in [2.45, 2.75) is 25.3 Å². The van der Waals surface area contributed by atoms with Crippen molar-refractivity contribution >= 4 is 17.2 Å². The van der Waals surface area contributed by atoms with Gasteiger partial charge >= 0.3 is 0 Å². The van der Waals surface area contributed by atoms with Crippen molar-refractivity contribution in [2.24, 2.45) is 0 Å². The summed E-state index contributed by atoms with van der Waals surface area (Å²) in [4.78, 5) is 12.4. The first-order valence-corrected chi connectivity index (χ1v) is 6.25. The Kier molecular flexibility index (Phi) is 3.75. The quantitative estimate of drug-likeness (QED) is 0.806. The molecule has 1 aromatic heterocycles. The lowest BCUT2D eigenvalue weighted by molar-refractivity contribution is -0.122. The molecule has 1 aliphatic rings. The maximum atomic E-state index is 10.9. The normalized spacial score (nSPS) is 21.3. The largest absolute Gasteiger partial charge is 0.355 e. The van der Waals surface area contributed by atoms with Gasteiger partial charge in [0.2, 0.25) is 5.91 Å². The third-order valence-electron chi connectivity index (χ3n) is 2.65. The molecule has 2 N–H and O–H groups in total. The third-order valence-corrected chi connectivity index (χ3v) is 3.59. The van der Waals surface area contributed by atoms with Crippen LogP contribution in [-0.2, 0) is 11.2 Å². The fourth-order valence-corrected chi connectivity index (χ4v) is 2.47. The predicted octanol–water partition coefficient (Wildman–Crippen LogP) is 1.16. The van der Waals surface area contributed by atoms with E-state index >= 15 is 0 Å². The summed E-state index contributed by atoms with van der Waals surface area (Å²) in [5, 5.41) is 8.46. The Morgan fingerprint density at radius 3 is 3.20 bits per heavy atom. The average molecular weight is 224 g/mol. The molecule has 0 aromatic carbocycles. The van der Waals surface area contributed by atoms with E-state index < -0.39 is 0 Å². The molecule has 3 nitrogen and oxygen atoms in total. The number of carbonyl (C=O) groups is 1. The second-order valence-corrected chi connectivity index (χ2v) is 4.86. The van der Waals surface area contributed by atoms with Crippen LogP contribution in [0.15, 0.2) is 17.5 Å². The molecular weight excluding hydrogens is 208 g/mol. The zero-order valence-electron chi connectivity index (χ0n) is 8.66. The van der Waals surface area contributed by atoms with Gasteiger partial charge in [-0.3, -0.25) is 4.79 Å². The molecule has 1 aromatic rings. The summed E-state index contributed by atoms with van der Waals surface area (Å²) in [5.41, 5.74) is 0. The van der Waals surface area contributed by atoms with Gasteiger partial charge in [-0.2, -0.15) is 0 Å². The van der Waals surface area contributed by atoms with Crippen LogP contribution >= 0.6 is 11.3 Å². The minimum absolute atomic E-state index is 0.186. The molecule has 0 aliphatic carbocycles. The molecule has 1 atom stereocenters. The molecule has 0 radical (unpaired) electrons. The van der Waals surface area contributed by atoms with Gasteiger partial charge in [-0.1, -0.05) is 6.07 Å². The molecule has 0 spiro atoms. The smallest absolute Gasteiger partial charge is 0.220 e. The Balaban J connectivity index is 1.64. The summed E-state index contributed by atoms with van der Waals surface area (Å²) in [6, 6.07) is 4.71. The number of hydrogen-bond acceptors (Lipinski definition) is 3. The molecule has 1 saturated heterocycles. The van der Waals surface area contributed by atoms with Crippen molar-refractivity contribution in [3.05, 3.63) is 22.4 Å². The maximum absolute atomic E-state index is 10.9. The summed E-state index contributed by atoms with van der Waals surface area (Å²) in [7, 11) is 0. The first-order chi connectivity index (χ1) is 7.34. The van der Waals surface area contributed by atoms with Gasteiger partial charge in [0.05, 0.1) is 0 Å². The van der Waals surface area contributed by atoms with Crippen LogP contribution in [0.4, 0.5) is 0 Å². The Morgan fingerprint density at radius 2 is 2.53 bits per heavy atom. The van der Waals surface area contributed by atoms with Crippen LogP contribution in [-0.4, -0.2) is 25.0 Å². The van der Waals surface area contributed by atoms with Crippen molar-refractivity contribution in [3.63, 3.8) is 0 Å². The fraction of sp³-hybridized carbons (Fsp3) is 0.545. The number of amides is 1. The molecule has 1 unspecified atom stereocenters. The summed E-state index contributed by atoms with van der Waals surface area (Å²) in [6.45, 7) is 1.78. The van der Waals surface area contributed by atoms with Crippen molar-refractivity contribution in [1.82, 2.24) is 10.6 Å². The minimum Gasteiger partial charge on any atom is -0.355 e. The molecule has 1 amide bonds. The Hall–Kier alpha value is -0.870. The highest BCUT2D eigenvalue weighted by atomic mass is 32.1. The molecule has 15 heavy (non-hydrogen) atoms. The van der Waals surface area contributed by atoms with Crippen LogP contribution in [0.3, 0.4) is 0 Å². The van der Waals surface area contributed by atoms with E-state index in [4.69, 9.17) is 0 Å². The van der Waals surface area contributed by atoms with Gasteiger partial charge in [-0.05, 0) is 24.3 Å². The van der Waals surface area contributed by atoms with E-state index in [9.17, 15) is 4.79 Å². The van der Waals surface area contributed by atoms with Crippen molar-refractivity contribution in [2.75, 3.05) is 13.1 Å². The van der Waals surface area contributed by atoms with Gasteiger partial charge in [0.25, 0.3) is 0 Å². The summed E-state index contributed by atoms with van der Waals surface area (Å²) < 4.78 is 0. The van der Waals surface area contributed by atoms with Gasteiger partial charge in [0.1, 0.15) is 0 Å². The standard InChI is InChI=1S/C11H16N2OS/c14-11-4-3-9(8-13-11)12-6-5-10-2-1-7-15-10/h1-2,7,9,12H,3-6,8H2,(H,13,14). The van der Waals surface area contributed by atoms with Gasteiger partial charge in [0.15, 0.2) is 0 Å². The van der Waals surface area contributed by atoms with E-state index in [-0.39, 0.29) is 5.91 Å². The average Bonchev–Trinajstić information content (AvgIpc) is 2.74. The summed E-state index contributed by atoms with van der Waals surface area (Å²) >= 11 is 1.80. The highest BCUT2D eigenvalue weighted by molar-refractivity contribution is 7.09. The number of rotatable bonds is 4. The number of carbonyl (C=O) groups excluding carboxylic acids is 1. The van der Waals surface area contributed by atoms with Gasteiger partial charge in [-0.15, -0.1) is 11.3 Å². The molecular formula is C11H16N2OS. The van der Waals surface area contributed by atoms with Crippen LogP contribution in [0.25, 0.3) is 0 Å². The first-order valence-electron chi connectivity index (χ1n) is 5.37.